The van der Waals surface area contributed by atoms with Crippen molar-refractivity contribution < 1.29 is 13.6 Å². The summed E-state index contributed by atoms with van der Waals surface area (Å²) in [7, 11) is 0. The summed E-state index contributed by atoms with van der Waals surface area (Å²) < 4.78 is 11.7. The average Bonchev–Trinajstić information content (AvgIpc) is 3.55. The van der Waals surface area contributed by atoms with Gasteiger partial charge in [0.15, 0.2) is 5.58 Å². The van der Waals surface area contributed by atoms with Gasteiger partial charge in [0, 0.05) is 22.9 Å². The molecule has 0 aliphatic carbocycles. The lowest BCUT2D eigenvalue weighted by atomic mass is 9.98. The van der Waals surface area contributed by atoms with Gasteiger partial charge in [0.2, 0.25) is 11.8 Å². The van der Waals surface area contributed by atoms with Gasteiger partial charge in [0.1, 0.15) is 17.0 Å². The number of oxazole rings is 1. The van der Waals surface area contributed by atoms with Crippen LogP contribution in [0.3, 0.4) is 0 Å². The summed E-state index contributed by atoms with van der Waals surface area (Å²) >= 11 is 0. The number of hydrogen-bond donors (Lipinski definition) is 1. The molecule has 0 radical (unpaired) electrons. The minimum Gasteiger partial charge on any atom is -0.457 e. The first kappa shape index (κ1) is 22.4. The minimum atomic E-state index is -0.241. The molecule has 174 valence electrons. The Bertz CT molecular complexity index is 1480. The van der Waals surface area contributed by atoms with E-state index >= 15 is 0 Å². The molecular weight excluding hydrogens is 436 g/mol. The fraction of sp³-hybridized carbons (Fsp3) is 0.133. The predicted octanol–water partition coefficient (Wildman–Crippen LogP) is 7.92. The third kappa shape index (κ3) is 5.09. The topological polar surface area (TPSA) is 68.3 Å². The van der Waals surface area contributed by atoms with Gasteiger partial charge in [0.25, 0.3) is 0 Å². The van der Waals surface area contributed by atoms with E-state index in [1.807, 2.05) is 72.8 Å². The van der Waals surface area contributed by atoms with Crippen molar-refractivity contribution in [2.45, 2.75) is 26.2 Å². The van der Waals surface area contributed by atoms with Gasteiger partial charge in [-0.2, -0.15) is 0 Å². The van der Waals surface area contributed by atoms with Gasteiger partial charge in [-0.15, -0.1) is 0 Å². The maximum Gasteiger partial charge on any atom is 0.248 e. The molecule has 2 heterocycles. The molecule has 0 bridgehead atoms. The Labute approximate surface area is 204 Å². The summed E-state index contributed by atoms with van der Waals surface area (Å²) in [6.45, 7) is 4.39. The molecule has 0 saturated heterocycles. The second-order valence-electron chi connectivity index (χ2n) is 8.52. The van der Waals surface area contributed by atoms with Crippen LogP contribution in [0.25, 0.3) is 40.0 Å². The summed E-state index contributed by atoms with van der Waals surface area (Å²) in [5, 5.41) is 2.86. The number of amides is 1. The number of hydrogen-bond acceptors (Lipinski definition) is 4. The molecule has 0 aliphatic heterocycles. The third-order valence-corrected chi connectivity index (χ3v) is 6.08. The van der Waals surface area contributed by atoms with E-state index < -0.39 is 0 Å². The Hall–Kier alpha value is -4.38. The maximum atomic E-state index is 12.4. The second-order valence-corrected chi connectivity index (χ2v) is 8.52. The predicted molar refractivity (Wildman–Crippen MR) is 140 cm³/mol. The Kier molecular flexibility index (Phi) is 6.31. The van der Waals surface area contributed by atoms with Crippen LogP contribution >= 0.6 is 0 Å². The number of aromatic nitrogens is 1. The molecule has 5 nitrogen and oxygen atoms in total. The molecule has 35 heavy (non-hydrogen) atoms. The molecular formula is C30H26N2O3. The van der Waals surface area contributed by atoms with E-state index in [0.29, 0.717) is 23.3 Å². The number of carbonyl (C=O) groups is 1. The van der Waals surface area contributed by atoms with Crippen LogP contribution in [0.2, 0.25) is 0 Å². The first-order valence-electron chi connectivity index (χ1n) is 11.7. The molecule has 0 aliphatic rings. The third-order valence-electron chi connectivity index (χ3n) is 6.08. The number of benzene rings is 3. The zero-order valence-electron chi connectivity index (χ0n) is 19.7. The highest BCUT2D eigenvalue weighted by atomic mass is 16.3. The van der Waals surface area contributed by atoms with Crippen molar-refractivity contribution in [3.05, 3.63) is 102 Å². The lowest BCUT2D eigenvalue weighted by Crippen LogP contribution is -2.07. The van der Waals surface area contributed by atoms with Crippen LogP contribution < -0.4 is 5.32 Å². The zero-order chi connectivity index (χ0) is 24.2. The summed E-state index contributed by atoms with van der Waals surface area (Å²) in [5.41, 5.74) is 5.41. The number of fused-ring (bicyclic) bond motifs is 1. The van der Waals surface area contributed by atoms with Crippen molar-refractivity contribution in [2.24, 2.45) is 0 Å². The Morgan fingerprint density at radius 2 is 1.74 bits per heavy atom. The molecule has 3 aromatic carbocycles. The first-order valence-corrected chi connectivity index (χ1v) is 11.7. The molecule has 0 unspecified atom stereocenters. The number of furan rings is 1. The summed E-state index contributed by atoms with van der Waals surface area (Å²) in [6, 6.07) is 27.2. The van der Waals surface area contributed by atoms with Gasteiger partial charge in [0.05, 0.1) is 0 Å². The zero-order valence-corrected chi connectivity index (χ0v) is 19.7. The highest BCUT2D eigenvalue weighted by Gasteiger charge is 2.11. The maximum absolute atomic E-state index is 12.4. The molecule has 0 saturated carbocycles. The van der Waals surface area contributed by atoms with E-state index in [1.165, 1.54) is 11.6 Å². The van der Waals surface area contributed by atoms with E-state index in [0.717, 1.165) is 34.4 Å². The van der Waals surface area contributed by atoms with E-state index in [9.17, 15) is 4.79 Å². The normalized spacial score (nSPS) is 12.3. The van der Waals surface area contributed by atoms with E-state index in [-0.39, 0.29) is 5.91 Å². The van der Waals surface area contributed by atoms with E-state index in [1.54, 1.807) is 6.08 Å². The Morgan fingerprint density at radius 3 is 2.51 bits per heavy atom. The summed E-state index contributed by atoms with van der Waals surface area (Å²) in [5.74, 6) is 2.18. The Balaban J connectivity index is 1.24. The van der Waals surface area contributed by atoms with Gasteiger partial charge in [-0.3, -0.25) is 4.79 Å². The number of nitrogens with zero attached hydrogens (tertiary/aromatic N) is 1. The van der Waals surface area contributed by atoms with Crippen LogP contribution in [0, 0.1) is 0 Å². The second kappa shape index (κ2) is 9.85. The van der Waals surface area contributed by atoms with Crippen LogP contribution in [0.1, 0.15) is 37.5 Å². The molecule has 5 rings (SSSR count). The van der Waals surface area contributed by atoms with Gasteiger partial charge < -0.3 is 14.2 Å². The van der Waals surface area contributed by atoms with Crippen LogP contribution in [0.5, 0.6) is 0 Å². The van der Waals surface area contributed by atoms with E-state index in [2.05, 4.69) is 36.3 Å². The Morgan fingerprint density at radius 1 is 0.943 bits per heavy atom. The smallest absolute Gasteiger partial charge is 0.248 e. The van der Waals surface area contributed by atoms with Crippen molar-refractivity contribution in [3.8, 4) is 22.8 Å². The van der Waals surface area contributed by atoms with Gasteiger partial charge >= 0.3 is 0 Å². The largest absolute Gasteiger partial charge is 0.457 e. The number of nitrogens with one attached hydrogen (secondary N) is 1. The minimum absolute atomic E-state index is 0.241. The lowest BCUT2D eigenvalue weighted by molar-refractivity contribution is -0.111. The van der Waals surface area contributed by atoms with Crippen molar-refractivity contribution in [3.63, 3.8) is 0 Å². The molecule has 0 spiro atoms. The quantitative estimate of drug-likeness (QED) is 0.249. The summed E-state index contributed by atoms with van der Waals surface area (Å²) in [6.07, 6.45) is 4.19. The van der Waals surface area contributed by atoms with Gasteiger partial charge in [-0.1, -0.05) is 50.2 Å². The summed E-state index contributed by atoms with van der Waals surface area (Å²) in [4.78, 5) is 17.0. The number of carbonyl (C=O) groups excluding carboxylic acids is 1. The number of rotatable bonds is 7. The average molecular weight is 463 g/mol. The molecule has 5 heteroatoms. The fourth-order valence-electron chi connectivity index (χ4n) is 3.85. The van der Waals surface area contributed by atoms with Crippen molar-refractivity contribution in [2.75, 3.05) is 5.32 Å². The fourth-order valence-corrected chi connectivity index (χ4v) is 3.85. The van der Waals surface area contributed by atoms with Crippen LogP contribution in [0.4, 0.5) is 5.69 Å². The van der Waals surface area contributed by atoms with Gasteiger partial charge in [-0.25, -0.2) is 4.98 Å². The van der Waals surface area contributed by atoms with Crippen LogP contribution in [0.15, 0.2) is 99.8 Å². The van der Waals surface area contributed by atoms with E-state index in [4.69, 9.17) is 8.83 Å². The van der Waals surface area contributed by atoms with Crippen molar-refractivity contribution >= 4 is 28.8 Å². The monoisotopic (exact) mass is 462 g/mol. The standard InChI is InChI=1S/C30H26N2O3/c1-3-20(2)23-11-16-28-26(19-23)32-30(35-28)22-9-12-24(13-10-22)31-29(33)18-15-25-14-17-27(34-25)21-7-5-4-6-8-21/h4-20H,3H2,1-2H3,(H,31,33)/b18-15+/t20-/m1/s1. The SMILES string of the molecule is CC[C@@H](C)c1ccc2oc(-c3ccc(NC(=O)/C=C/c4ccc(-c5ccccc5)o4)cc3)nc2c1. The molecule has 5 aromatic rings. The molecule has 0 fully saturated rings. The van der Waals surface area contributed by atoms with Gasteiger partial charge in [-0.05, 0) is 72.5 Å². The molecule has 2 aromatic heterocycles. The molecule has 1 atom stereocenters. The highest BCUT2D eigenvalue weighted by Crippen LogP contribution is 2.28. The van der Waals surface area contributed by atoms with Crippen molar-refractivity contribution in [1.29, 1.82) is 0 Å². The van der Waals surface area contributed by atoms with Crippen LogP contribution in [-0.2, 0) is 4.79 Å². The van der Waals surface area contributed by atoms with Crippen molar-refractivity contribution in [1.82, 2.24) is 4.98 Å². The molecule has 1 amide bonds. The first-order chi connectivity index (χ1) is 17.1. The van der Waals surface area contributed by atoms with Crippen LogP contribution in [-0.4, -0.2) is 10.9 Å². The number of anilines is 1. The lowest BCUT2D eigenvalue weighted by Gasteiger charge is -2.07. The molecule has 1 N–H and O–H groups in total. The highest BCUT2D eigenvalue weighted by molar-refractivity contribution is 6.01.